The van der Waals surface area contributed by atoms with Gasteiger partial charge in [-0.2, -0.15) is 0 Å². The molecule has 3 nitrogen and oxygen atoms in total. The second-order valence-corrected chi connectivity index (χ2v) is 4.08. The average Bonchev–Trinajstić information content (AvgIpc) is 2.61. The smallest absolute Gasteiger partial charge is 0.110 e. The third-order valence-electron chi connectivity index (χ3n) is 2.49. The Hall–Kier alpha value is -1.32. The summed E-state index contributed by atoms with van der Waals surface area (Å²) in [7, 11) is 1.97. The first-order valence-corrected chi connectivity index (χ1v) is 5.57. The zero-order chi connectivity index (χ0) is 11.5. The van der Waals surface area contributed by atoms with Crippen LogP contribution in [0, 0.1) is 0 Å². The third-order valence-corrected chi connectivity index (χ3v) is 2.82. The molecular formula is C12H14ClN3. The maximum absolute atomic E-state index is 6.12. The van der Waals surface area contributed by atoms with Gasteiger partial charge in [0.2, 0.25) is 0 Å². The normalized spacial score (nSPS) is 10.7. The molecule has 0 aliphatic rings. The van der Waals surface area contributed by atoms with Gasteiger partial charge in [0.05, 0.1) is 10.7 Å². The highest BCUT2D eigenvalue weighted by Gasteiger charge is 2.08. The van der Waals surface area contributed by atoms with Crippen LogP contribution in [0.25, 0.3) is 11.3 Å². The van der Waals surface area contributed by atoms with E-state index in [9.17, 15) is 0 Å². The van der Waals surface area contributed by atoms with Crippen molar-refractivity contribution in [2.75, 3.05) is 6.54 Å². The van der Waals surface area contributed by atoms with Crippen molar-refractivity contribution in [1.29, 1.82) is 0 Å². The molecule has 0 fully saturated rings. The van der Waals surface area contributed by atoms with Crippen molar-refractivity contribution in [2.24, 2.45) is 12.8 Å². The molecule has 84 valence electrons. The van der Waals surface area contributed by atoms with Gasteiger partial charge in [0.1, 0.15) is 5.82 Å². The number of hydrogen-bond donors (Lipinski definition) is 1. The van der Waals surface area contributed by atoms with E-state index < -0.39 is 0 Å². The number of halogens is 1. The molecule has 16 heavy (non-hydrogen) atoms. The fourth-order valence-corrected chi connectivity index (χ4v) is 1.90. The van der Waals surface area contributed by atoms with E-state index in [2.05, 4.69) is 4.98 Å². The molecule has 2 N–H and O–H groups in total. The van der Waals surface area contributed by atoms with Gasteiger partial charge in [0.15, 0.2) is 0 Å². The highest BCUT2D eigenvalue weighted by molar-refractivity contribution is 6.33. The zero-order valence-corrected chi connectivity index (χ0v) is 9.91. The minimum Gasteiger partial charge on any atom is -0.337 e. The Morgan fingerprint density at radius 1 is 1.38 bits per heavy atom. The number of hydrogen-bond acceptors (Lipinski definition) is 2. The van der Waals surface area contributed by atoms with Gasteiger partial charge < -0.3 is 10.3 Å². The molecule has 0 amide bonds. The van der Waals surface area contributed by atoms with Gasteiger partial charge in [-0.1, -0.05) is 29.8 Å². The quantitative estimate of drug-likeness (QED) is 0.887. The molecule has 0 unspecified atom stereocenters. The van der Waals surface area contributed by atoms with Crippen LogP contribution in [0.4, 0.5) is 0 Å². The molecule has 0 radical (unpaired) electrons. The summed E-state index contributed by atoms with van der Waals surface area (Å²) >= 11 is 6.12. The number of nitrogens with two attached hydrogens (primary N) is 1. The van der Waals surface area contributed by atoms with Crippen LogP contribution in [0.15, 0.2) is 30.5 Å². The van der Waals surface area contributed by atoms with Crippen LogP contribution < -0.4 is 5.73 Å². The second kappa shape index (κ2) is 4.68. The van der Waals surface area contributed by atoms with E-state index in [0.717, 1.165) is 28.5 Å². The van der Waals surface area contributed by atoms with Gasteiger partial charge in [-0.3, -0.25) is 0 Å². The number of imidazole rings is 1. The molecule has 4 heteroatoms. The van der Waals surface area contributed by atoms with E-state index in [1.165, 1.54) is 0 Å². The Morgan fingerprint density at radius 2 is 2.12 bits per heavy atom. The monoisotopic (exact) mass is 235 g/mol. The van der Waals surface area contributed by atoms with Crippen molar-refractivity contribution < 1.29 is 0 Å². The molecule has 0 bridgehead atoms. The van der Waals surface area contributed by atoms with Crippen molar-refractivity contribution >= 4 is 11.6 Å². The summed E-state index contributed by atoms with van der Waals surface area (Å²) in [5, 5.41) is 0.722. The van der Waals surface area contributed by atoms with Crippen molar-refractivity contribution in [3.8, 4) is 11.3 Å². The van der Waals surface area contributed by atoms with Crippen molar-refractivity contribution in [1.82, 2.24) is 9.55 Å². The lowest BCUT2D eigenvalue weighted by Gasteiger charge is -1.98. The number of aromatic nitrogens is 2. The maximum atomic E-state index is 6.12. The summed E-state index contributed by atoms with van der Waals surface area (Å²) in [6.45, 7) is 0.604. The van der Waals surface area contributed by atoms with Crippen LogP contribution in [-0.2, 0) is 13.5 Å². The highest BCUT2D eigenvalue weighted by atomic mass is 35.5. The first kappa shape index (κ1) is 11.2. The minimum atomic E-state index is 0.604. The molecular weight excluding hydrogens is 222 g/mol. The van der Waals surface area contributed by atoms with Gasteiger partial charge in [-0.05, 0) is 12.6 Å². The van der Waals surface area contributed by atoms with Gasteiger partial charge >= 0.3 is 0 Å². The second-order valence-electron chi connectivity index (χ2n) is 3.67. The van der Waals surface area contributed by atoms with E-state index in [4.69, 9.17) is 17.3 Å². The van der Waals surface area contributed by atoms with E-state index in [0.29, 0.717) is 6.54 Å². The lowest BCUT2D eigenvalue weighted by molar-refractivity contribution is 0.778. The molecule has 1 heterocycles. The van der Waals surface area contributed by atoms with Crippen molar-refractivity contribution in [3.63, 3.8) is 0 Å². The molecule has 0 saturated heterocycles. The third kappa shape index (κ3) is 2.10. The zero-order valence-electron chi connectivity index (χ0n) is 9.15. The fourth-order valence-electron chi connectivity index (χ4n) is 1.66. The van der Waals surface area contributed by atoms with E-state index >= 15 is 0 Å². The van der Waals surface area contributed by atoms with Crippen molar-refractivity contribution in [2.45, 2.75) is 6.42 Å². The molecule has 1 aromatic carbocycles. The molecule has 0 aliphatic carbocycles. The van der Waals surface area contributed by atoms with E-state index in [1.54, 1.807) is 0 Å². The van der Waals surface area contributed by atoms with Gasteiger partial charge in [0, 0.05) is 25.2 Å². The number of benzene rings is 1. The number of rotatable bonds is 3. The first-order valence-electron chi connectivity index (χ1n) is 5.19. The first-order chi connectivity index (χ1) is 7.72. The van der Waals surface area contributed by atoms with Crippen LogP contribution in [0.3, 0.4) is 0 Å². The molecule has 2 aromatic rings. The van der Waals surface area contributed by atoms with E-state index in [1.807, 2.05) is 42.1 Å². The van der Waals surface area contributed by atoms with Crippen LogP contribution in [-0.4, -0.2) is 16.1 Å². The lowest BCUT2D eigenvalue weighted by atomic mass is 10.2. The Kier molecular flexibility index (Phi) is 3.27. The average molecular weight is 236 g/mol. The predicted molar refractivity (Wildman–Crippen MR) is 66.4 cm³/mol. The van der Waals surface area contributed by atoms with Crippen molar-refractivity contribution in [3.05, 3.63) is 41.3 Å². The topological polar surface area (TPSA) is 43.8 Å². The molecule has 0 saturated carbocycles. The fraction of sp³-hybridized carbons (Fsp3) is 0.250. The Balaban J connectivity index is 2.42. The summed E-state index contributed by atoms with van der Waals surface area (Å²) in [6.07, 6.45) is 2.76. The summed E-state index contributed by atoms with van der Waals surface area (Å²) in [4.78, 5) is 4.53. The predicted octanol–water partition coefficient (Wildman–Crippen LogP) is 2.24. The number of nitrogens with zero attached hydrogens (tertiary/aromatic N) is 2. The Morgan fingerprint density at radius 3 is 2.81 bits per heavy atom. The standard InChI is InChI=1S/C12H14ClN3/c1-16-8-11(15-12(16)6-7-14)9-4-2-3-5-10(9)13/h2-5,8H,6-7,14H2,1H3. The SMILES string of the molecule is Cn1cc(-c2ccccc2Cl)nc1CCN. The van der Waals surface area contributed by atoms with Crippen LogP contribution in [0.1, 0.15) is 5.82 Å². The largest absolute Gasteiger partial charge is 0.337 e. The molecule has 0 atom stereocenters. The summed E-state index contributed by atoms with van der Waals surface area (Å²) in [5.74, 6) is 0.984. The lowest BCUT2D eigenvalue weighted by Crippen LogP contribution is -2.07. The van der Waals surface area contributed by atoms with Crippen LogP contribution in [0.2, 0.25) is 5.02 Å². The summed E-state index contributed by atoms with van der Waals surface area (Å²) in [5.41, 5.74) is 7.39. The molecule has 1 aromatic heterocycles. The van der Waals surface area contributed by atoms with Gasteiger partial charge in [-0.25, -0.2) is 4.98 Å². The highest BCUT2D eigenvalue weighted by Crippen LogP contribution is 2.26. The minimum absolute atomic E-state index is 0.604. The molecule has 0 aliphatic heterocycles. The maximum Gasteiger partial charge on any atom is 0.110 e. The Labute approximate surface area is 99.9 Å². The van der Waals surface area contributed by atoms with Crippen LogP contribution in [0.5, 0.6) is 0 Å². The van der Waals surface area contributed by atoms with Crippen LogP contribution >= 0.6 is 11.6 Å². The molecule has 2 rings (SSSR count). The van der Waals surface area contributed by atoms with Gasteiger partial charge in [-0.15, -0.1) is 0 Å². The van der Waals surface area contributed by atoms with Gasteiger partial charge in [0.25, 0.3) is 0 Å². The number of aryl methyl sites for hydroxylation is 1. The van der Waals surface area contributed by atoms with E-state index in [-0.39, 0.29) is 0 Å². The summed E-state index contributed by atoms with van der Waals surface area (Å²) in [6, 6.07) is 7.71. The summed E-state index contributed by atoms with van der Waals surface area (Å²) < 4.78 is 1.99. The molecule has 0 spiro atoms. The Bertz CT molecular complexity index is 491.